The SMILES string of the molecule is CCOP(=O)(OCC)OCC.OCCO. The minimum absolute atomic E-state index is 0.125. The van der Waals surface area contributed by atoms with Crippen LogP contribution >= 0.6 is 7.82 Å². The van der Waals surface area contributed by atoms with Crippen LogP contribution in [-0.2, 0) is 18.1 Å². The first-order chi connectivity index (χ1) is 7.10. The van der Waals surface area contributed by atoms with E-state index < -0.39 is 7.82 Å². The normalized spacial score (nSPS) is 10.7. The number of hydrogen-bond donors (Lipinski definition) is 2. The Bertz CT molecular complexity index is 137. The molecule has 0 saturated carbocycles. The second-order valence-electron chi connectivity index (χ2n) is 2.15. The molecule has 94 valence electrons. The van der Waals surface area contributed by atoms with Crippen LogP contribution in [0.5, 0.6) is 0 Å². The van der Waals surface area contributed by atoms with Crippen molar-refractivity contribution in [2.45, 2.75) is 20.8 Å². The van der Waals surface area contributed by atoms with Gasteiger partial charge in [-0.2, -0.15) is 0 Å². The average Bonchev–Trinajstić information content (AvgIpc) is 2.19. The molecule has 0 aromatic heterocycles. The zero-order valence-corrected chi connectivity index (χ0v) is 10.4. The van der Waals surface area contributed by atoms with E-state index in [9.17, 15) is 4.57 Å². The van der Waals surface area contributed by atoms with Crippen molar-refractivity contribution in [2.75, 3.05) is 33.0 Å². The highest BCUT2D eigenvalue weighted by atomic mass is 31.2. The first kappa shape index (κ1) is 17.4. The fourth-order valence-electron chi connectivity index (χ4n) is 0.586. The molecule has 15 heavy (non-hydrogen) atoms. The van der Waals surface area contributed by atoms with E-state index in [1.807, 2.05) is 0 Å². The summed E-state index contributed by atoms with van der Waals surface area (Å²) in [5, 5.41) is 15.2. The number of phosphoric acid groups is 1. The van der Waals surface area contributed by atoms with Gasteiger partial charge in [-0.25, -0.2) is 4.57 Å². The quantitative estimate of drug-likeness (QED) is 0.654. The molecule has 0 saturated heterocycles. The molecular formula is C8H21O6P. The molecule has 0 aromatic carbocycles. The van der Waals surface area contributed by atoms with Gasteiger partial charge < -0.3 is 10.2 Å². The van der Waals surface area contributed by atoms with Gasteiger partial charge in [0.15, 0.2) is 0 Å². The Hall–Kier alpha value is 0.0300. The molecule has 0 radical (unpaired) electrons. The monoisotopic (exact) mass is 244 g/mol. The Morgan fingerprint density at radius 1 is 0.867 bits per heavy atom. The summed E-state index contributed by atoms with van der Waals surface area (Å²) in [6.45, 7) is 5.96. The van der Waals surface area contributed by atoms with Gasteiger partial charge in [0, 0.05) is 0 Å². The minimum Gasteiger partial charge on any atom is -0.394 e. The summed E-state index contributed by atoms with van der Waals surface area (Å²) in [5.41, 5.74) is 0. The standard InChI is InChI=1S/C6H15O4P.C2H6O2/c1-4-8-11(7,9-5-2)10-6-3;3-1-2-4/h4-6H2,1-3H3;3-4H,1-2H2. The fraction of sp³-hybridized carbons (Fsp3) is 1.00. The molecule has 0 unspecified atom stereocenters. The van der Waals surface area contributed by atoms with Gasteiger partial charge in [0.2, 0.25) is 0 Å². The predicted octanol–water partition coefficient (Wildman–Crippen LogP) is 1.17. The number of aliphatic hydroxyl groups is 2. The topological polar surface area (TPSA) is 85.2 Å². The van der Waals surface area contributed by atoms with Crippen LogP contribution in [0.3, 0.4) is 0 Å². The Morgan fingerprint density at radius 3 is 1.27 bits per heavy atom. The molecular weight excluding hydrogens is 223 g/mol. The highest BCUT2D eigenvalue weighted by Gasteiger charge is 2.23. The van der Waals surface area contributed by atoms with Crippen molar-refractivity contribution >= 4 is 7.82 Å². The summed E-state index contributed by atoms with van der Waals surface area (Å²) < 4.78 is 25.8. The van der Waals surface area contributed by atoms with Crippen molar-refractivity contribution in [1.82, 2.24) is 0 Å². The summed E-state index contributed by atoms with van der Waals surface area (Å²) in [4.78, 5) is 0. The third-order valence-electron chi connectivity index (χ3n) is 0.962. The summed E-state index contributed by atoms with van der Waals surface area (Å²) in [5.74, 6) is 0. The second-order valence-corrected chi connectivity index (χ2v) is 3.82. The Labute approximate surface area is 90.8 Å². The third-order valence-corrected chi connectivity index (χ3v) is 2.68. The lowest BCUT2D eigenvalue weighted by molar-refractivity contribution is 0.126. The van der Waals surface area contributed by atoms with E-state index >= 15 is 0 Å². The smallest absolute Gasteiger partial charge is 0.394 e. The largest absolute Gasteiger partial charge is 0.474 e. The van der Waals surface area contributed by atoms with E-state index in [-0.39, 0.29) is 13.2 Å². The average molecular weight is 244 g/mol. The molecule has 0 aromatic rings. The van der Waals surface area contributed by atoms with E-state index in [0.717, 1.165) is 0 Å². The van der Waals surface area contributed by atoms with Crippen molar-refractivity contribution in [1.29, 1.82) is 0 Å². The van der Waals surface area contributed by atoms with Gasteiger partial charge in [0.05, 0.1) is 33.0 Å². The molecule has 0 atom stereocenters. The van der Waals surface area contributed by atoms with Crippen LogP contribution in [0, 0.1) is 0 Å². The number of aliphatic hydroxyl groups excluding tert-OH is 2. The van der Waals surface area contributed by atoms with Gasteiger partial charge >= 0.3 is 7.82 Å². The molecule has 0 fully saturated rings. The Kier molecular flexibility index (Phi) is 14.1. The Balaban J connectivity index is 0. The summed E-state index contributed by atoms with van der Waals surface area (Å²) in [6.07, 6.45) is 0. The van der Waals surface area contributed by atoms with Crippen LogP contribution < -0.4 is 0 Å². The second kappa shape index (κ2) is 12.1. The lowest BCUT2D eigenvalue weighted by Crippen LogP contribution is -1.99. The molecule has 0 rings (SSSR count). The van der Waals surface area contributed by atoms with Crippen LogP contribution in [0.15, 0.2) is 0 Å². The zero-order chi connectivity index (χ0) is 12.2. The highest BCUT2D eigenvalue weighted by molar-refractivity contribution is 7.48. The van der Waals surface area contributed by atoms with E-state index in [1.165, 1.54) is 0 Å². The van der Waals surface area contributed by atoms with Gasteiger partial charge in [-0.05, 0) is 20.8 Å². The predicted molar refractivity (Wildman–Crippen MR) is 56.7 cm³/mol. The van der Waals surface area contributed by atoms with Crippen molar-refractivity contribution in [3.05, 3.63) is 0 Å². The molecule has 0 spiro atoms. The molecule has 0 aliphatic heterocycles. The van der Waals surface area contributed by atoms with E-state index in [0.29, 0.717) is 19.8 Å². The van der Waals surface area contributed by atoms with Gasteiger partial charge in [-0.1, -0.05) is 0 Å². The minimum atomic E-state index is -3.22. The first-order valence-corrected chi connectivity index (χ1v) is 6.31. The van der Waals surface area contributed by atoms with Crippen LogP contribution in [-0.4, -0.2) is 43.2 Å². The fourth-order valence-corrected chi connectivity index (χ4v) is 1.76. The third kappa shape index (κ3) is 12.0. The molecule has 0 aliphatic carbocycles. The maximum atomic E-state index is 11.3. The summed E-state index contributed by atoms with van der Waals surface area (Å²) in [6, 6.07) is 0. The lowest BCUT2D eigenvalue weighted by Gasteiger charge is -2.14. The Morgan fingerprint density at radius 2 is 1.13 bits per heavy atom. The van der Waals surface area contributed by atoms with Gasteiger partial charge in [0.1, 0.15) is 0 Å². The molecule has 0 heterocycles. The van der Waals surface area contributed by atoms with Crippen LogP contribution in [0.2, 0.25) is 0 Å². The van der Waals surface area contributed by atoms with Crippen molar-refractivity contribution in [3.63, 3.8) is 0 Å². The van der Waals surface area contributed by atoms with Crippen molar-refractivity contribution in [2.24, 2.45) is 0 Å². The van der Waals surface area contributed by atoms with Crippen LogP contribution in [0.25, 0.3) is 0 Å². The maximum absolute atomic E-state index is 11.3. The van der Waals surface area contributed by atoms with Crippen molar-refractivity contribution < 1.29 is 28.3 Å². The molecule has 6 nitrogen and oxygen atoms in total. The number of rotatable bonds is 7. The van der Waals surface area contributed by atoms with Crippen LogP contribution in [0.1, 0.15) is 20.8 Å². The van der Waals surface area contributed by atoms with Gasteiger partial charge in [-0.3, -0.25) is 13.6 Å². The maximum Gasteiger partial charge on any atom is 0.474 e. The van der Waals surface area contributed by atoms with E-state index in [4.69, 9.17) is 23.8 Å². The zero-order valence-electron chi connectivity index (χ0n) is 9.51. The molecule has 0 amide bonds. The molecule has 2 N–H and O–H groups in total. The molecule has 0 aliphatic rings. The van der Waals surface area contributed by atoms with Gasteiger partial charge in [0.25, 0.3) is 0 Å². The summed E-state index contributed by atoms with van der Waals surface area (Å²) in [7, 11) is -3.22. The first-order valence-electron chi connectivity index (χ1n) is 4.85. The number of phosphoric ester groups is 1. The van der Waals surface area contributed by atoms with E-state index in [2.05, 4.69) is 0 Å². The highest BCUT2D eigenvalue weighted by Crippen LogP contribution is 2.48. The summed E-state index contributed by atoms with van der Waals surface area (Å²) >= 11 is 0. The van der Waals surface area contributed by atoms with Crippen molar-refractivity contribution in [3.8, 4) is 0 Å². The van der Waals surface area contributed by atoms with E-state index in [1.54, 1.807) is 20.8 Å². The van der Waals surface area contributed by atoms with Crippen LogP contribution in [0.4, 0.5) is 0 Å². The molecule has 0 bridgehead atoms. The molecule has 7 heteroatoms. The lowest BCUT2D eigenvalue weighted by atomic mass is 10.8. The van der Waals surface area contributed by atoms with Gasteiger partial charge in [-0.15, -0.1) is 0 Å². The number of hydrogen-bond acceptors (Lipinski definition) is 6.